The number of likely N-dealkylation sites (N-methyl/N-ethyl adjacent to an activating group) is 1. The molecule has 17 nitrogen and oxygen atoms in total. The molecule has 1 aliphatic carbocycles. The molecule has 3 aromatic carbocycles. The molecule has 0 unspecified atom stereocenters. The van der Waals surface area contributed by atoms with Crippen LogP contribution in [0.15, 0.2) is 60.7 Å². The maximum absolute atomic E-state index is 14.0. The van der Waals surface area contributed by atoms with Crippen LogP contribution in [-0.2, 0) is 23.8 Å². The van der Waals surface area contributed by atoms with Gasteiger partial charge in [-0.25, -0.2) is 19.6 Å². The van der Waals surface area contributed by atoms with E-state index in [0.29, 0.717) is 37.1 Å². The van der Waals surface area contributed by atoms with Gasteiger partial charge in [0, 0.05) is 40.0 Å². The van der Waals surface area contributed by atoms with Gasteiger partial charge >= 0.3 is 12.2 Å². The van der Waals surface area contributed by atoms with Crippen molar-refractivity contribution in [3.63, 3.8) is 0 Å². The molecule has 5 aromatic rings. The highest BCUT2D eigenvalue weighted by Crippen LogP contribution is 2.49. The number of amides is 4. The normalized spacial score (nSPS) is 22.7. The monoisotopic (exact) mass is 903 g/mol. The largest absolute Gasteiger partial charge is 0.465 e. The number of ether oxygens (including phenoxy) is 3. The van der Waals surface area contributed by atoms with Crippen LogP contribution in [0, 0.1) is 0 Å². The first-order chi connectivity index (χ1) is 31.9. The second-order valence-corrected chi connectivity index (χ2v) is 18.4. The summed E-state index contributed by atoms with van der Waals surface area (Å²) >= 11 is 0. The van der Waals surface area contributed by atoms with Crippen LogP contribution in [0.2, 0.25) is 0 Å². The molecule has 3 saturated heterocycles. The fourth-order valence-corrected chi connectivity index (χ4v) is 10.6. The van der Waals surface area contributed by atoms with Gasteiger partial charge in [0.15, 0.2) is 0 Å². The number of fused-ring (bicyclic) bond motifs is 2. The maximum Gasteiger partial charge on any atom is 0.407 e. The lowest BCUT2D eigenvalue weighted by molar-refractivity contribution is -0.141. The third-order valence-corrected chi connectivity index (χ3v) is 14.5. The fraction of sp³-hybridized carbons (Fsp3) is 0.510. The first-order valence-electron chi connectivity index (χ1n) is 23.2. The molecule has 1 saturated carbocycles. The van der Waals surface area contributed by atoms with Crippen molar-refractivity contribution in [3.05, 3.63) is 89.0 Å². The number of aromatic nitrogens is 4. The van der Waals surface area contributed by atoms with E-state index in [2.05, 4.69) is 80.8 Å². The van der Waals surface area contributed by atoms with Crippen LogP contribution in [0.5, 0.6) is 0 Å². The van der Waals surface area contributed by atoms with Crippen molar-refractivity contribution in [2.75, 3.05) is 46.4 Å². The first-order valence-corrected chi connectivity index (χ1v) is 23.2. The molecule has 0 bridgehead atoms. The number of benzene rings is 3. The molecular formula is C49H61N9O8. The summed E-state index contributed by atoms with van der Waals surface area (Å²) in [5.74, 6) is 1.49. The Bertz CT molecular complexity index is 2590. The molecule has 4 fully saturated rings. The lowest BCUT2D eigenvalue weighted by atomic mass is 10.0. The SMILES string of the molecule is COC(=O)N[C@H](C(=O)N1CCC[C@H]1c1nc2ccc([C@@H]3CC[C@@H](c4ccc5nc([C@@H]6CCCN6C(=O)[C@H]([C@@H](C)OC)N(C)C(=O)O)[nH]c5c4)N3c3ccc(C4CC4)cc3)cc2[nH]1)[C@@H](C)OC. The number of carboxylic acid groups (broad SMARTS) is 1. The summed E-state index contributed by atoms with van der Waals surface area (Å²) in [4.78, 5) is 76.5. The zero-order valence-electron chi connectivity index (χ0n) is 38.5. The summed E-state index contributed by atoms with van der Waals surface area (Å²) in [6.45, 7) is 4.49. The molecule has 350 valence electrons. The summed E-state index contributed by atoms with van der Waals surface area (Å²) in [5.41, 5.74) is 8.24. The number of imidazole rings is 2. The summed E-state index contributed by atoms with van der Waals surface area (Å²) in [7, 11) is 5.67. The highest BCUT2D eigenvalue weighted by atomic mass is 16.5. The third-order valence-electron chi connectivity index (χ3n) is 14.5. The standard InChI is InChI=1S/C49H61N9O8/c1-27(64-4)42(54-48(61)66-6)46(59)56-23-7-9-40(56)44-50-34-19-15-31(25-36(34)52-44)38-21-22-39(58(38)33-17-13-30(14-18-33)29-11-12-29)32-16-20-35-37(26-32)53-45(51-35)41-10-8-24-57(41)47(60)43(28(2)65-5)55(3)49(62)63/h13-20,25-29,38-43H,7-12,21-24H2,1-6H3,(H,50,52)(H,51,53)(H,54,61)(H,62,63)/t27-,28-,38+,39+,40+,41+,42+,43+/m1/s1. The van der Waals surface area contributed by atoms with E-state index < -0.39 is 36.5 Å². The highest BCUT2D eigenvalue weighted by molar-refractivity contribution is 5.88. The average Bonchev–Trinajstić information content (AvgIpc) is 3.87. The van der Waals surface area contributed by atoms with Crippen molar-refractivity contribution < 1.29 is 38.5 Å². The van der Waals surface area contributed by atoms with Crippen molar-refractivity contribution in [3.8, 4) is 0 Å². The lowest BCUT2D eigenvalue weighted by Crippen LogP contribution is -2.54. The number of methoxy groups -OCH3 is 3. The lowest BCUT2D eigenvalue weighted by Gasteiger charge is -2.34. The average molecular weight is 904 g/mol. The van der Waals surface area contributed by atoms with Gasteiger partial charge < -0.3 is 49.3 Å². The zero-order valence-corrected chi connectivity index (χ0v) is 38.5. The number of hydrogen-bond acceptors (Lipinski definition) is 10. The van der Waals surface area contributed by atoms with E-state index in [1.807, 2.05) is 0 Å². The molecule has 8 atom stereocenters. The molecule has 3 aliphatic heterocycles. The van der Waals surface area contributed by atoms with Crippen LogP contribution in [-0.4, -0.2) is 130 Å². The quantitative estimate of drug-likeness (QED) is 0.0861. The summed E-state index contributed by atoms with van der Waals surface area (Å²) in [5, 5.41) is 12.5. The summed E-state index contributed by atoms with van der Waals surface area (Å²) in [6, 6.07) is 19.5. The van der Waals surface area contributed by atoms with Gasteiger partial charge in [-0.05, 0) is 124 Å². The second-order valence-electron chi connectivity index (χ2n) is 18.4. The number of nitrogens with zero attached hydrogens (tertiary/aromatic N) is 6. The van der Waals surface area contributed by atoms with Gasteiger partial charge in [0.25, 0.3) is 0 Å². The van der Waals surface area contributed by atoms with Gasteiger partial charge in [-0.1, -0.05) is 24.3 Å². The Morgan fingerprint density at radius 1 is 0.697 bits per heavy atom. The molecular weight excluding hydrogens is 843 g/mol. The number of hydrogen-bond donors (Lipinski definition) is 4. The minimum absolute atomic E-state index is 0.0532. The van der Waals surface area contributed by atoms with Crippen LogP contribution >= 0.6 is 0 Å². The van der Waals surface area contributed by atoms with Crippen LogP contribution in [0.1, 0.15) is 124 Å². The minimum atomic E-state index is -1.19. The Labute approximate surface area is 384 Å². The fourth-order valence-electron chi connectivity index (χ4n) is 10.6. The Balaban J connectivity index is 0.997. The Kier molecular flexibility index (Phi) is 12.7. The molecule has 0 radical (unpaired) electrons. The van der Waals surface area contributed by atoms with E-state index in [9.17, 15) is 24.3 Å². The third kappa shape index (κ3) is 8.54. The Hall–Kier alpha value is -6.20. The number of anilines is 1. The molecule has 0 spiro atoms. The van der Waals surface area contributed by atoms with Gasteiger partial charge in [0.1, 0.15) is 23.7 Å². The second kappa shape index (κ2) is 18.6. The van der Waals surface area contributed by atoms with Crippen molar-refractivity contribution in [1.82, 2.24) is 40.0 Å². The topological polar surface area (TPSA) is 199 Å². The van der Waals surface area contributed by atoms with Gasteiger partial charge in [-0.2, -0.15) is 0 Å². The van der Waals surface area contributed by atoms with Crippen LogP contribution in [0.3, 0.4) is 0 Å². The van der Waals surface area contributed by atoms with Gasteiger partial charge in [-0.3, -0.25) is 14.5 Å². The molecule has 66 heavy (non-hydrogen) atoms. The molecule has 9 rings (SSSR count). The van der Waals surface area contributed by atoms with E-state index in [4.69, 9.17) is 24.2 Å². The zero-order chi connectivity index (χ0) is 46.4. The molecule has 2 aromatic heterocycles. The number of alkyl carbamates (subject to hydrolysis) is 1. The molecule has 4 N–H and O–H groups in total. The number of rotatable bonds is 14. The van der Waals surface area contributed by atoms with Crippen LogP contribution < -0.4 is 10.2 Å². The number of likely N-dealkylation sites (tertiary alicyclic amines) is 2. The van der Waals surface area contributed by atoms with E-state index >= 15 is 0 Å². The first kappa shape index (κ1) is 45.0. The highest BCUT2D eigenvalue weighted by Gasteiger charge is 2.42. The summed E-state index contributed by atoms with van der Waals surface area (Å²) in [6.07, 6.45) is 4.21. The van der Waals surface area contributed by atoms with E-state index in [0.717, 1.165) is 75.9 Å². The van der Waals surface area contributed by atoms with E-state index in [1.165, 1.54) is 46.8 Å². The number of nitrogens with one attached hydrogen (secondary N) is 3. The summed E-state index contributed by atoms with van der Waals surface area (Å²) < 4.78 is 15.8. The number of carbonyl (C=O) groups excluding carboxylic acids is 3. The van der Waals surface area contributed by atoms with Crippen molar-refractivity contribution in [2.24, 2.45) is 0 Å². The molecule has 4 amide bonds. The Morgan fingerprint density at radius 2 is 1.21 bits per heavy atom. The predicted octanol–water partition coefficient (Wildman–Crippen LogP) is 7.50. The van der Waals surface area contributed by atoms with Gasteiger partial charge in [-0.15, -0.1) is 0 Å². The minimum Gasteiger partial charge on any atom is -0.465 e. The Morgan fingerprint density at radius 3 is 1.70 bits per heavy atom. The number of H-pyrrole nitrogens is 2. The molecule has 5 heterocycles. The smallest absolute Gasteiger partial charge is 0.407 e. The predicted molar refractivity (Wildman–Crippen MR) is 247 cm³/mol. The van der Waals surface area contributed by atoms with Gasteiger partial charge in [0.2, 0.25) is 11.8 Å². The van der Waals surface area contributed by atoms with Gasteiger partial charge in [0.05, 0.1) is 65.6 Å². The van der Waals surface area contributed by atoms with Crippen molar-refractivity contribution in [2.45, 2.75) is 120 Å². The number of carbonyl (C=O) groups is 4. The maximum atomic E-state index is 14.0. The van der Waals surface area contributed by atoms with E-state index in [1.54, 1.807) is 23.6 Å². The van der Waals surface area contributed by atoms with Crippen LogP contribution in [0.4, 0.5) is 15.3 Å². The molecule has 17 heteroatoms. The van der Waals surface area contributed by atoms with Crippen molar-refractivity contribution >= 4 is 51.8 Å². The van der Waals surface area contributed by atoms with Crippen molar-refractivity contribution in [1.29, 1.82) is 0 Å². The number of aromatic amines is 2. The van der Waals surface area contributed by atoms with E-state index in [-0.39, 0.29) is 36.0 Å². The van der Waals surface area contributed by atoms with Crippen LogP contribution in [0.25, 0.3) is 22.1 Å². The molecule has 4 aliphatic rings.